The summed E-state index contributed by atoms with van der Waals surface area (Å²) in [6.07, 6.45) is 4.91. The van der Waals surface area contributed by atoms with Crippen LogP contribution in [0.3, 0.4) is 0 Å². The molecule has 0 saturated carbocycles. The minimum atomic E-state index is -0.968. The number of aliphatic carboxylic acids is 1. The minimum Gasteiger partial charge on any atom is -0.493 e. The molecule has 0 radical (unpaired) electrons. The predicted molar refractivity (Wildman–Crippen MR) is 100.0 cm³/mol. The van der Waals surface area contributed by atoms with Gasteiger partial charge in [-0.3, -0.25) is 0 Å². The van der Waals surface area contributed by atoms with Gasteiger partial charge in [-0.25, -0.2) is 4.79 Å². The van der Waals surface area contributed by atoms with E-state index in [1.807, 2.05) is 30.3 Å². The molecule has 132 valence electrons. The molecule has 0 heterocycles. The highest BCUT2D eigenvalue weighted by Gasteiger charge is 2.11. The van der Waals surface area contributed by atoms with E-state index < -0.39 is 5.97 Å². The zero-order valence-corrected chi connectivity index (χ0v) is 14.7. The molecule has 2 aromatic carbocycles. The number of carbonyl (C=O) groups is 1. The summed E-state index contributed by atoms with van der Waals surface area (Å²) in [5.74, 6) is 0.306. The molecule has 0 fully saturated rings. The first kappa shape index (κ1) is 18.6. The Morgan fingerprint density at radius 2 is 1.84 bits per heavy atom. The predicted octanol–water partition coefficient (Wildman–Crippen LogP) is 4.89. The van der Waals surface area contributed by atoms with Gasteiger partial charge in [0.1, 0.15) is 0 Å². The first-order chi connectivity index (χ1) is 12.2. The maximum atomic E-state index is 11.6. The summed E-state index contributed by atoms with van der Waals surface area (Å²) in [7, 11) is 1.58. The molecule has 4 nitrogen and oxygen atoms in total. The van der Waals surface area contributed by atoms with E-state index >= 15 is 0 Å². The van der Waals surface area contributed by atoms with E-state index in [4.69, 9.17) is 9.47 Å². The first-order valence-corrected chi connectivity index (χ1v) is 8.47. The quantitative estimate of drug-likeness (QED) is 0.401. The van der Waals surface area contributed by atoms with E-state index in [1.165, 1.54) is 0 Å². The highest BCUT2D eigenvalue weighted by atomic mass is 16.5. The summed E-state index contributed by atoms with van der Waals surface area (Å²) >= 11 is 0. The third kappa shape index (κ3) is 5.38. The second kappa shape index (κ2) is 9.52. The lowest BCUT2D eigenvalue weighted by Crippen LogP contribution is -2.01. The van der Waals surface area contributed by atoms with Crippen molar-refractivity contribution in [2.75, 3.05) is 13.7 Å². The Labute approximate surface area is 148 Å². The normalized spacial score (nSPS) is 11.2. The number of methoxy groups -OCH3 is 1. The molecule has 2 rings (SSSR count). The molecule has 0 atom stereocenters. The van der Waals surface area contributed by atoms with E-state index in [0.29, 0.717) is 23.7 Å². The lowest BCUT2D eigenvalue weighted by molar-refractivity contribution is -0.130. The van der Waals surface area contributed by atoms with Gasteiger partial charge >= 0.3 is 5.97 Å². The number of unbranched alkanes of at least 4 members (excludes halogenated alkanes) is 2. The van der Waals surface area contributed by atoms with Gasteiger partial charge in [-0.15, -0.1) is 0 Å². The van der Waals surface area contributed by atoms with Crippen molar-refractivity contribution < 1.29 is 19.4 Å². The molecule has 1 N–H and O–H groups in total. The lowest BCUT2D eigenvalue weighted by Gasteiger charge is -2.11. The second-order valence-corrected chi connectivity index (χ2v) is 5.70. The minimum absolute atomic E-state index is 0.235. The lowest BCUT2D eigenvalue weighted by atomic mass is 10.0. The third-order valence-corrected chi connectivity index (χ3v) is 3.82. The fourth-order valence-corrected chi connectivity index (χ4v) is 2.48. The number of hydrogen-bond donors (Lipinski definition) is 1. The SMILES string of the molecule is CCCCCOc1ccc(C=C(C(=O)O)c2ccccc2)cc1OC. The zero-order valence-electron chi connectivity index (χ0n) is 14.7. The van der Waals surface area contributed by atoms with Crippen LogP contribution in [0.25, 0.3) is 11.6 Å². The van der Waals surface area contributed by atoms with Crippen molar-refractivity contribution in [1.29, 1.82) is 0 Å². The van der Waals surface area contributed by atoms with Gasteiger partial charge in [0.25, 0.3) is 0 Å². The number of benzene rings is 2. The van der Waals surface area contributed by atoms with Gasteiger partial charge in [-0.1, -0.05) is 56.2 Å². The Hall–Kier alpha value is -2.75. The van der Waals surface area contributed by atoms with Crippen molar-refractivity contribution in [3.8, 4) is 11.5 Å². The second-order valence-electron chi connectivity index (χ2n) is 5.70. The summed E-state index contributed by atoms with van der Waals surface area (Å²) in [5.41, 5.74) is 1.65. The van der Waals surface area contributed by atoms with Crippen molar-refractivity contribution in [3.63, 3.8) is 0 Å². The molecular formula is C21H24O4. The van der Waals surface area contributed by atoms with Gasteiger partial charge in [0.15, 0.2) is 11.5 Å². The number of carboxylic acid groups (broad SMARTS) is 1. The highest BCUT2D eigenvalue weighted by molar-refractivity contribution is 6.20. The molecule has 0 unspecified atom stereocenters. The maximum Gasteiger partial charge on any atom is 0.336 e. The molecule has 0 spiro atoms. The molecule has 0 amide bonds. The van der Waals surface area contributed by atoms with Gasteiger partial charge in [-0.05, 0) is 35.8 Å². The van der Waals surface area contributed by atoms with Crippen LogP contribution in [0.4, 0.5) is 0 Å². The van der Waals surface area contributed by atoms with Crippen molar-refractivity contribution in [1.82, 2.24) is 0 Å². The Kier molecular flexibility index (Phi) is 7.08. The molecule has 0 bridgehead atoms. The molecule has 25 heavy (non-hydrogen) atoms. The molecule has 4 heteroatoms. The standard InChI is InChI=1S/C21H24O4/c1-3-4-8-13-25-19-12-11-16(15-20(19)24-2)14-18(21(22)23)17-9-6-5-7-10-17/h5-7,9-12,14-15H,3-4,8,13H2,1-2H3,(H,22,23). The molecule has 0 aromatic heterocycles. The van der Waals surface area contributed by atoms with Crippen LogP contribution >= 0.6 is 0 Å². The summed E-state index contributed by atoms with van der Waals surface area (Å²) in [6, 6.07) is 14.5. The average Bonchev–Trinajstić information content (AvgIpc) is 2.64. The fraction of sp³-hybridized carbons (Fsp3) is 0.286. The molecule has 0 aliphatic carbocycles. The summed E-state index contributed by atoms with van der Waals surface area (Å²) in [4.78, 5) is 11.6. The monoisotopic (exact) mass is 340 g/mol. The van der Waals surface area contributed by atoms with Crippen LogP contribution in [0, 0.1) is 0 Å². The van der Waals surface area contributed by atoms with Crippen LogP contribution < -0.4 is 9.47 Å². The number of rotatable bonds is 9. The Balaban J connectivity index is 2.25. The Bertz CT molecular complexity index is 720. The van der Waals surface area contributed by atoms with Crippen LogP contribution in [0.2, 0.25) is 0 Å². The van der Waals surface area contributed by atoms with Crippen molar-refractivity contribution in [2.24, 2.45) is 0 Å². The maximum absolute atomic E-state index is 11.6. The topological polar surface area (TPSA) is 55.8 Å². The average molecular weight is 340 g/mol. The van der Waals surface area contributed by atoms with E-state index in [2.05, 4.69) is 6.92 Å². The van der Waals surface area contributed by atoms with Crippen LogP contribution in [0.5, 0.6) is 11.5 Å². The van der Waals surface area contributed by atoms with Crippen molar-refractivity contribution in [2.45, 2.75) is 26.2 Å². The number of ether oxygens (including phenoxy) is 2. The molecule has 0 aliphatic heterocycles. The largest absolute Gasteiger partial charge is 0.493 e. The van der Waals surface area contributed by atoms with E-state index in [0.717, 1.165) is 24.8 Å². The Morgan fingerprint density at radius 1 is 1.08 bits per heavy atom. The first-order valence-electron chi connectivity index (χ1n) is 8.47. The molecule has 0 aliphatic rings. The third-order valence-electron chi connectivity index (χ3n) is 3.82. The van der Waals surface area contributed by atoms with Crippen molar-refractivity contribution in [3.05, 3.63) is 59.7 Å². The van der Waals surface area contributed by atoms with Gasteiger partial charge in [0, 0.05) is 0 Å². The Morgan fingerprint density at radius 3 is 2.48 bits per heavy atom. The van der Waals surface area contributed by atoms with Crippen LogP contribution in [-0.2, 0) is 4.79 Å². The van der Waals surface area contributed by atoms with Gasteiger partial charge in [0.2, 0.25) is 0 Å². The van der Waals surface area contributed by atoms with E-state index in [-0.39, 0.29) is 5.57 Å². The molecule has 0 saturated heterocycles. The smallest absolute Gasteiger partial charge is 0.336 e. The van der Waals surface area contributed by atoms with Crippen LogP contribution in [-0.4, -0.2) is 24.8 Å². The number of hydrogen-bond acceptors (Lipinski definition) is 3. The van der Waals surface area contributed by atoms with Gasteiger partial charge in [-0.2, -0.15) is 0 Å². The zero-order chi connectivity index (χ0) is 18.1. The van der Waals surface area contributed by atoms with Crippen LogP contribution in [0.15, 0.2) is 48.5 Å². The van der Waals surface area contributed by atoms with Crippen LogP contribution in [0.1, 0.15) is 37.3 Å². The molecule has 2 aromatic rings. The fourth-order valence-electron chi connectivity index (χ4n) is 2.48. The van der Waals surface area contributed by atoms with Gasteiger partial charge in [0.05, 0.1) is 19.3 Å². The molecular weight excluding hydrogens is 316 g/mol. The summed E-state index contributed by atoms with van der Waals surface area (Å²) in [6.45, 7) is 2.79. The van der Waals surface area contributed by atoms with E-state index in [9.17, 15) is 9.90 Å². The summed E-state index contributed by atoms with van der Waals surface area (Å²) in [5, 5.41) is 9.51. The van der Waals surface area contributed by atoms with E-state index in [1.54, 1.807) is 31.4 Å². The van der Waals surface area contributed by atoms with Crippen molar-refractivity contribution >= 4 is 17.6 Å². The summed E-state index contributed by atoms with van der Waals surface area (Å²) < 4.78 is 11.1. The van der Waals surface area contributed by atoms with Gasteiger partial charge < -0.3 is 14.6 Å². The highest BCUT2D eigenvalue weighted by Crippen LogP contribution is 2.30. The number of carboxylic acids is 1.